The standard InChI is InChI=1S/C13H12OS/c14-12-4-3-9-6-11(7-10(9)8-12)13-2-1-5-15-13/h1-5,8,11,14H,6-7H2. The summed E-state index contributed by atoms with van der Waals surface area (Å²) in [5.74, 6) is 1.02. The van der Waals surface area contributed by atoms with E-state index in [4.69, 9.17) is 0 Å². The highest BCUT2D eigenvalue weighted by atomic mass is 32.1. The van der Waals surface area contributed by atoms with Gasteiger partial charge in [0.15, 0.2) is 0 Å². The molecule has 1 aliphatic rings. The molecule has 1 nitrogen and oxygen atoms in total. The lowest BCUT2D eigenvalue weighted by Gasteiger charge is -2.04. The maximum atomic E-state index is 9.42. The molecular formula is C13H12OS. The Morgan fingerprint density at radius 1 is 1.13 bits per heavy atom. The van der Waals surface area contributed by atoms with Crippen LogP contribution in [-0.2, 0) is 12.8 Å². The first-order valence-electron chi connectivity index (χ1n) is 5.17. The molecule has 0 amide bonds. The van der Waals surface area contributed by atoms with E-state index in [1.807, 2.05) is 17.4 Å². The van der Waals surface area contributed by atoms with Gasteiger partial charge in [0, 0.05) is 10.8 Å². The van der Waals surface area contributed by atoms with E-state index in [1.54, 1.807) is 6.07 Å². The predicted octanol–water partition coefficient (Wildman–Crippen LogP) is 3.34. The van der Waals surface area contributed by atoms with E-state index in [-0.39, 0.29) is 0 Å². The molecule has 0 saturated carbocycles. The van der Waals surface area contributed by atoms with Gasteiger partial charge in [0.05, 0.1) is 0 Å². The zero-order chi connectivity index (χ0) is 10.3. The Hall–Kier alpha value is -1.28. The summed E-state index contributed by atoms with van der Waals surface area (Å²) in [6, 6.07) is 10.1. The van der Waals surface area contributed by atoms with Crippen molar-refractivity contribution in [2.45, 2.75) is 18.8 Å². The molecule has 0 fully saturated rings. The van der Waals surface area contributed by atoms with Crippen LogP contribution in [0.1, 0.15) is 21.9 Å². The molecule has 15 heavy (non-hydrogen) atoms. The molecule has 1 N–H and O–H groups in total. The lowest BCUT2D eigenvalue weighted by Crippen LogP contribution is -1.93. The van der Waals surface area contributed by atoms with Gasteiger partial charge in [-0.15, -0.1) is 11.3 Å². The van der Waals surface area contributed by atoms with Crippen molar-refractivity contribution in [3.63, 3.8) is 0 Å². The van der Waals surface area contributed by atoms with E-state index in [0.717, 1.165) is 12.8 Å². The van der Waals surface area contributed by atoms with Gasteiger partial charge < -0.3 is 5.11 Å². The second kappa shape index (κ2) is 3.38. The number of hydrogen-bond acceptors (Lipinski definition) is 2. The molecule has 1 atom stereocenters. The van der Waals surface area contributed by atoms with E-state index in [1.165, 1.54) is 16.0 Å². The van der Waals surface area contributed by atoms with Gasteiger partial charge in [-0.3, -0.25) is 0 Å². The molecule has 3 rings (SSSR count). The molecule has 0 saturated heterocycles. The Kier molecular flexibility index (Phi) is 2.03. The topological polar surface area (TPSA) is 20.2 Å². The molecule has 1 aliphatic carbocycles. The van der Waals surface area contributed by atoms with Crippen LogP contribution in [0.25, 0.3) is 0 Å². The van der Waals surface area contributed by atoms with Crippen molar-refractivity contribution in [3.8, 4) is 5.75 Å². The highest BCUT2D eigenvalue weighted by Gasteiger charge is 2.23. The number of rotatable bonds is 1. The third kappa shape index (κ3) is 1.55. The number of aromatic hydroxyl groups is 1. The van der Waals surface area contributed by atoms with Crippen LogP contribution in [0, 0.1) is 0 Å². The van der Waals surface area contributed by atoms with Crippen LogP contribution in [0.3, 0.4) is 0 Å². The van der Waals surface area contributed by atoms with Gasteiger partial charge in [0.2, 0.25) is 0 Å². The summed E-state index contributed by atoms with van der Waals surface area (Å²) in [7, 11) is 0. The molecule has 0 spiro atoms. The minimum Gasteiger partial charge on any atom is -0.508 e. The Bertz CT molecular complexity index is 473. The maximum absolute atomic E-state index is 9.42. The summed E-state index contributed by atoms with van der Waals surface area (Å²) in [6.45, 7) is 0. The lowest BCUT2D eigenvalue weighted by molar-refractivity contribution is 0.474. The van der Waals surface area contributed by atoms with Gasteiger partial charge in [0.25, 0.3) is 0 Å². The maximum Gasteiger partial charge on any atom is 0.115 e. The molecule has 76 valence electrons. The highest BCUT2D eigenvalue weighted by molar-refractivity contribution is 7.10. The molecule has 0 aliphatic heterocycles. The first-order valence-corrected chi connectivity index (χ1v) is 6.05. The summed E-state index contributed by atoms with van der Waals surface area (Å²) in [5.41, 5.74) is 2.71. The minimum atomic E-state index is 0.389. The normalized spacial score (nSPS) is 19.1. The van der Waals surface area contributed by atoms with Gasteiger partial charge in [-0.2, -0.15) is 0 Å². The second-order valence-electron chi connectivity index (χ2n) is 4.07. The zero-order valence-electron chi connectivity index (χ0n) is 8.31. The van der Waals surface area contributed by atoms with Crippen molar-refractivity contribution >= 4 is 11.3 Å². The number of phenolic OH excluding ortho intramolecular Hbond substituents is 1. The average molecular weight is 216 g/mol. The van der Waals surface area contributed by atoms with Crippen molar-refractivity contribution in [2.24, 2.45) is 0 Å². The lowest BCUT2D eigenvalue weighted by atomic mass is 10.1. The second-order valence-corrected chi connectivity index (χ2v) is 5.05. The third-order valence-electron chi connectivity index (χ3n) is 3.07. The molecule has 1 aromatic carbocycles. The van der Waals surface area contributed by atoms with E-state index in [2.05, 4.69) is 23.6 Å². The largest absolute Gasteiger partial charge is 0.508 e. The fourth-order valence-electron chi connectivity index (χ4n) is 2.33. The first-order chi connectivity index (χ1) is 7.33. The molecular weight excluding hydrogens is 204 g/mol. The van der Waals surface area contributed by atoms with Crippen molar-refractivity contribution in [1.29, 1.82) is 0 Å². The van der Waals surface area contributed by atoms with Crippen LogP contribution in [0.2, 0.25) is 0 Å². The van der Waals surface area contributed by atoms with Gasteiger partial charge in [-0.1, -0.05) is 12.1 Å². The predicted molar refractivity (Wildman–Crippen MR) is 62.6 cm³/mol. The SMILES string of the molecule is Oc1ccc2c(c1)CC(c1cccs1)C2. The number of hydrogen-bond donors (Lipinski definition) is 1. The van der Waals surface area contributed by atoms with Crippen LogP contribution >= 0.6 is 11.3 Å². The van der Waals surface area contributed by atoms with Crippen molar-refractivity contribution in [1.82, 2.24) is 0 Å². The summed E-state index contributed by atoms with van der Waals surface area (Å²) >= 11 is 1.83. The fraction of sp³-hybridized carbons (Fsp3) is 0.231. The number of phenols is 1. The number of thiophene rings is 1. The Morgan fingerprint density at radius 2 is 2.00 bits per heavy atom. The Labute approximate surface area is 93.0 Å². The third-order valence-corrected chi connectivity index (χ3v) is 4.10. The van der Waals surface area contributed by atoms with E-state index in [9.17, 15) is 5.11 Å². The molecule has 1 unspecified atom stereocenters. The summed E-state index contributed by atoms with van der Waals surface area (Å²) in [5, 5.41) is 11.6. The Balaban J connectivity index is 1.92. The summed E-state index contributed by atoms with van der Waals surface area (Å²) in [4.78, 5) is 1.46. The molecule has 0 radical (unpaired) electrons. The first kappa shape index (κ1) is 8.98. The smallest absolute Gasteiger partial charge is 0.115 e. The van der Waals surface area contributed by atoms with Crippen LogP contribution in [0.15, 0.2) is 35.7 Å². The van der Waals surface area contributed by atoms with Crippen molar-refractivity contribution < 1.29 is 5.11 Å². The van der Waals surface area contributed by atoms with Crippen molar-refractivity contribution in [3.05, 3.63) is 51.7 Å². The minimum absolute atomic E-state index is 0.389. The zero-order valence-corrected chi connectivity index (χ0v) is 9.13. The van der Waals surface area contributed by atoms with E-state index in [0.29, 0.717) is 11.7 Å². The summed E-state index contributed by atoms with van der Waals surface area (Å²) < 4.78 is 0. The molecule has 1 heterocycles. The highest BCUT2D eigenvalue weighted by Crippen LogP contribution is 2.37. The molecule has 0 bridgehead atoms. The number of benzene rings is 1. The van der Waals surface area contributed by atoms with E-state index < -0.39 is 0 Å². The monoisotopic (exact) mass is 216 g/mol. The van der Waals surface area contributed by atoms with Crippen LogP contribution in [0.5, 0.6) is 5.75 Å². The van der Waals surface area contributed by atoms with Gasteiger partial charge in [-0.05, 0) is 47.5 Å². The molecule has 1 aromatic heterocycles. The van der Waals surface area contributed by atoms with Gasteiger partial charge in [0.1, 0.15) is 5.75 Å². The van der Waals surface area contributed by atoms with Crippen LogP contribution < -0.4 is 0 Å². The van der Waals surface area contributed by atoms with E-state index >= 15 is 0 Å². The van der Waals surface area contributed by atoms with Gasteiger partial charge in [-0.25, -0.2) is 0 Å². The quantitative estimate of drug-likeness (QED) is 0.775. The summed E-state index contributed by atoms with van der Waals surface area (Å²) in [6.07, 6.45) is 2.19. The molecule has 2 aromatic rings. The number of fused-ring (bicyclic) bond motifs is 1. The van der Waals surface area contributed by atoms with Crippen LogP contribution in [0.4, 0.5) is 0 Å². The fourth-order valence-corrected chi connectivity index (χ4v) is 3.16. The molecule has 2 heteroatoms. The Morgan fingerprint density at radius 3 is 2.80 bits per heavy atom. The van der Waals surface area contributed by atoms with Crippen molar-refractivity contribution in [2.75, 3.05) is 0 Å². The van der Waals surface area contributed by atoms with Gasteiger partial charge >= 0.3 is 0 Å². The van der Waals surface area contributed by atoms with Crippen LogP contribution in [-0.4, -0.2) is 5.11 Å². The average Bonchev–Trinajstić information content (AvgIpc) is 2.84.